The van der Waals surface area contributed by atoms with E-state index < -0.39 is 5.54 Å². The lowest BCUT2D eigenvalue weighted by Gasteiger charge is -2.36. The lowest BCUT2D eigenvalue weighted by Crippen LogP contribution is -2.60. The monoisotopic (exact) mass is 254 g/mol. The van der Waals surface area contributed by atoms with E-state index in [9.17, 15) is 4.79 Å². The molecule has 1 unspecified atom stereocenters. The second kappa shape index (κ2) is 5.57. The second-order valence-corrected chi connectivity index (χ2v) is 5.76. The highest BCUT2D eigenvalue weighted by atomic mass is 16.5. The predicted molar refractivity (Wildman–Crippen MR) is 71.4 cm³/mol. The van der Waals surface area contributed by atoms with Gasteiger partial charge in [0.25, 0.3) is 0 Å². The molecule has 4 nitrogen and oxygen atoms in total. The summed E-state index contributed by atoms with van der Waals surface area (Å²) in [7, 11) is 3.38. The van der Waals surface area contributed by atoms with Crippen LogP contribution in [0.2, 0.25) is 0 Å². The number of hydrogen-bond donors (Lipinski definition) is 1. The molecule has 2 fully saturated rings. The topological polar surface area (TPSA) is 41.6 Å². The minimum Gasteiger partial charge on any atom is -0.468 e. The Morgan fingerprint density at radius 2 is 2.06 bits per heavy atom. The Labute approximate surface area is 110 Å². The van der Waals surface area contributed by atoms with Crippen molar-refractivity contribution in [3.8, 4) is 0 Å². The van der Waals surface area contributed by atoms with Crippen LogP contribution in [0.15, 0.2) is 0 Å². The fraction of sp³-hybridized carbons (Fsp3) is 0.929. The van der Waals surface area contributed by atoms with E-state index in [-0.39, 0.29) is 5.97 Å². The first kappa shape index (κ1) is 13.8. The van der Waals surface area contributed by atoms with Crippen LogP contribution in [-0.2, 0) is 9.53 Å². The van der Waals surface area contributed by atoms with Crippen molar-refractivity contribution in [3.63, 3.8) is 0 Å². The fourth-order valence-corrected chi connectivity index (χ4v) is 2.83. The number of esters is 1. The molecule has 0 spiro atoms. The molecule has 0 aliphatic heterocycles. The van der Waals surface area contributed by atoms with E-state index in [0.717, 1.165) is 38.4 Å². The Hall–Kier alpha value is -0.610. The third-order valence-corrected chi connectivity index (χ3v) is 4.40. The van der Waals surface area contributed by atoms with Gasteiger partial charge in [-0.15, -0.1) is 0 Å². The molecule has 0 aromatic heterocycles. The Kier molecular flexibility index (Phi) is 4.28. The molecular formula is C14H26N2O2. The summed E-state index contributed by atoms with van der Waals surface area (Å²) in [5.74, 6) is 1.21. The summed E-state index contributed by atoms with van der Waals surface area (Å²) in [5.41, 5.74) is -0.486. The zero-order valence-corrected chi connectivity index (χ0v) is 11.9. The average molecular weight is 254 g/mol. The smallest absolute Gasteiger partial charge is 0.327 e. The largest absolute Gasteiger partial charge is 0.468 e. The molecule has 0 heterocycles. The van der Waals surface area contributed by atoms with E-state index in [4.69, 9.17) is 4.74 Å². The van der Waals surface area contributed by atoms with Gasteiger partial charge < -0.3 is 15.0 Å². The highest BCUT2D eigenvalue weighted by molar-refractivity contribution is 5.82. The van der Waals surface area contributed by atoms with Crippen molar-refractivity contribution in [2.24, 2.45) is 11.8 Å². The van der Waals surface area contributed by atoms with Crippen LogP contribution in [0.3, 0.4) is 0 Å². The summed E-state index contributed by atoms with van der Waals surface area (Å²) in [6.45, 7) is 5.09. The van der Waals surface area contributed by atoms with Gasteiger partial charge in [0.15, 0.2) is 0 Å². The molecular weight excluding hydrogens is 228 g/mol. The van der Waals surface area contributed by atoms with Crippen LogP contribution >= 0.6 is 0 Å². The first-order valence-corrected chi connectivity index (χ1v) is 7.16. The third-order valence-electron chi connectivity index (χ3n) is 4.40. The van der Waals surface area contributed by atoms with Gasteiger partial charge in [-0.25, -0.2) is 4.79 Å². The normalized spacial score (nSPS) is 22.9. The molecule has 2 aliphatic rings. The number of carbonyl (C=O) groups is 1. The van der Waals surface area contributed by atoms with Gasteiger partial charge in [0, 0.05) is 13.1 Å². The van der Waals surface area contributed by atoms with Crippen LogP contribution in [0, 0.1) is 11.8 Å². The molecule has 4 heteroatoms. The van der Waals surface area contributed by atoms with Crippen LogP contribution in [0.25, 0.3) is 0 Å². The van der Waals surface area contributed by atoms with Crippen molar-refractivity contribution < 1.29 is 9.53 Å². The maximum atomic E-state index is 12.2. The highest BCUT2D eigenvalue weighted by Crippen LogP contribution is 2.41. The van der Waals surface area contributed by atoms with Gasteiger partial charge in [-0.1, -0.05) is 6.92 Å². The number of carbonyl (C=O) groups excluding carboxylic acids is 1. The predicted octanol–water partition coefficient (Wildman–Crippen LogP) is 1.26. The van der Waals surface area contributed by atoms with Gasteiger partial charge in [0.2, 0.25) is 0 Å². The molecule has 2 aliphatic carbocycles. The van der Waals surface area contributed by atoms with Crippen LogP contribution in [0.1, 0.15) is 32.6 Å². The molecule has 18 heavy (non-hydrogen) atoms. The van der Waals surface area contributed by atoms with Crippen LogP contribution in [-0.4, -0.2) is 50.2 Å². The van der Waals surface area contributed by atoms with Crippen molar-refractivity contribution in [1.82, 2.24) is 10.2 Å². The number of rotatable bonds is 8. The maximum absolute atomic E-state index is 12.2. The Morgan fingerprint density at radius 1 is 1.39 bits per heavy atom. The van der Waals surface area contributed by atoms with Crippen molar-refractivity contribution >= 4 is 5.97 Å². The SMILES string of the molecule is CCN(CC1CC1)CC(NC)(C(=O)OC)C1CC1. The average Bonchev–Trinajstić information content (AvgIpc) is 3.26. The standard InChI is InChI=1S/C14H26N2O2/c1-4-16(9-11-5-6-11)10-14(15-2,12-7-8-12)13(17)18-3/h11-12,15H,4-10H2,1-3H3. The first-order valence-electron chi connectivity index (χ1n) is 7.16. The van der Waals surface area contributed by atoms with Crippen LogP contribution in [0.5, 0.6) is 0 Å². The van der Waals surface area contributed by atoms with E-state index in [1.165, 1.54) is 20.0 Å². The van der Waals surface area contributed by atoms with Gasteiger partial charge >= 0.3 is 5.97 Å². The van der Waals surface area contributed by atoms with Crippen molar-refractivity contribution in [2.45, 2.75) is 38.1 Å². The summed E-state index contributed by atoms with van der Waals surface area (Å²) in [6.07, 6.45) is 4.98. The van der Waals surface area contributed by atoms with Crippen molar-refractivity contribution in [2.75, 3.05) is 33.8 Å². The molecule has 0 aromatic carbocycles. The fourth-order valence-electron chi connectivity index (χ4n) is 2.83. The van der Waals surface area contributed by atoms with Gasteiger partial charge in [-0.05, 0) is 51.1 Å². The molecule has 1 atom stereocenters. The van der Waals surface area contributed by atoms with Crippen LogP contribution < -0.4 is 5.32 Å². The third kappa shape index (κ3) is 2.86. The van der Waals surface area contributed by atoms with Gasteiger partial charge in [-0.2, -0.15) is 0 Å². The molecule has 104 valence electrons. The minimum atomic E-state index is -0.486. The molecule has 0 bridgehead atoms. The van der Waals surface area contributed by atoms with Crippen molar-refractivity contribution in [1.29, 1.82) is 0 Å². The Balaban J connectivity index is 2.04. The maximum Gasteiger partial charge on any atom is 0.327 e. The molecule has 0 amide bonds. The highest BCUT2D eigenvalue weighted by Gasteiger charge is 2.51. The number of likely N-dealkylation sites (N-methyl/N-ethyl adjacent to an activating group) is 2. The summed E-state index contributed by atoms with van der Waals surface area (Å²) in [4.78, 5) is 14.6. The van der Waals surface area contributed by atoms with E-state index in [1.807, 2.05) is 7.05 Å². The molecule has 2 saturated carbocycles. The molecule has 0 saturated heterocycles. The van der Waals surface area contributed by atoms with E-state index in [1.54, 1.807) is 0 Å². The van der Waals surface area contributed by atoms with Crippen molar-refractivity contribution in [3.05, 3.63) is 0 Å². The summed E-state index contributed by atoms with van der Waals surface area (Å²) in [6, 6.07) is 0. The summed E-state index contributed by atoms with van der Waals surface area (Å²) >= 11 is 0. The second-order valence-electron chi connectivity index (χ2n) is 5.76. The zero-order valence-electron chi connectivity index (χ0n) is 11.9. The van der Waals surface area contributed by atoms with Crippen LogP contribution in [0.4, 0.5) is 0 Å². The lowest BCUT2D eigenvalue weighted by molar-refractivity contribution is -0.150. The van der Waals surface area contributed by atoms with E-state index in [0.29, 0.717) is 5.92 Å². The minimum absolute atomic E-state index is 0.0956. The molecule has 1 N–H and O–H groups in total. The molecule has 0 aromatic rings. The number of hydrogen-bond acceptors (Lipinski definition) is 4. The molecule has 2 rings (SSSR count). The zero-order chi connectivity index (χ0) is 13.2. The number of methoxy groups -OCH3 is 1. The van der Waals surface area contributed by atoms with Gasteiger partial charge in [0.1, 0.15) is 5.54 Å². The Morgan fingerprint density at radius 3 is 2.44 bits per heavy atom. The number of nitrogens with one attached hydrogen (secondary N) is 1. The van der Waals surface area contributed by atoms with E-state index >= 15 is 0 Å². The Bertz CT molecular complexity index is 300. The number of nitrogens with zero attached hydrogens (tertiary/aromatic N) is 1. The molecule has 0 radical (unpaired) electrons. The quantitative estimate of drug-likeness (QED) is 0.662. The lowest BCUT2D eigenvalue weighted by atomic mass is 9.92. The first-order chi connectivity index (χ1) is 8.66. The van der Waals surface area contributed by atoms with Gasteiger partial charge in [-0.3, -0.25) is 0 Å². The summed E-state index contributed by atoms with van der Waals surface area (Å²) in [5, 5.41) is 3.27. The summed E-state index contributed by atoms with van der Waals surface area (Å²) < 4.78 is 5.05. The number of ether oxygens (including phenoxy) is 1. The van der Waals surface area contributed by atoms with E-state index in [2.05, 4.69) is 17.1 Å². The van der Waals surface area contributed by atoms with Gasteiger partial charge in [0.05, 0.1) is 7.11 Å².